The first kappa shape index (κ1) is 18.6. The fourth-order valence-electron chi connectivity index (χ4n) is 2.09. The number of esters is 1. The Morgan fingerprint density at radius 1 is 1.27 bits per heavy atom. The van der Waals surface area contributed by atoms with Crippen LogP contribution in [-0.4, -0.2) is 33.1 Å². The van der Waals surface area contributed by atoms with Crippen LogP contribution in [0.3, 0.4) is 0 Å². The van der Waals surface area contributed by atoms with E-state index in [1.807, 2.05) is 19.1 Å². The zero-order chi connectivity index (χ0) is 17.1. The molecule has 6 nitrogen and oxygen atoms in total. The summed E-state index contributed by atoms with van der Waals surface area (Å²) in [6, 6.07) is 3.73. The molecule has 0 bridgehead atoms. The lowest BCUT2D eigenvalue weighted by atomic mass is 10.1. The number of aryl methyl sites for hydroxylation is 3. The van der Waals surface area contributed by atoms with Crippen molar-refractivity contribution >= 4 is 13.6 Å². The SMILES string of the molecule is C=C(C(=O)Oc1c(C)cc(C)cc1C)C(O)CCP(=O)(O)O. The molecule has 7 heteroatoms. The van der Waals surface area contributed by atoms with E-state index in [1.165, 1.54) is 0 Å². The van der Waals surface area contributed by atoms with Gasteiger partial charge in [0.05, 0.1) is 17.8 Å². The molecule has 0 aliphatic rings. The van der Waals surface area contributed by atoms with Gasteiger partial charge in [-0.05, 0) is 38.3 Å². The summed E-state index contributed by atoms with van der Waals surface area (Å²) in [4.78, 5) is 29.5. The molecule has 0 heterocycles. The normalized spacial score (nSPS) is 12.8. The molecule has 3 N–H and O–H groups in total. The maximum Gasteiger partial charge on any atom is 0.341 e. The highest BCUT2D eigenvalue weighted by molar-refractivity contribution is 7.51. The van der Waals surface area contributed by atoms with Gasteiger partial charge in [-0.15, -0.1) is 0 Å². The molecule has 0 amide bonds. The Balaban J connectivity index is 2.77. The molecule has 0 aliphatic heterocycles. The van der Waals surface area contributed by atoms with Gasteiger partial charge >= 0.3 is 13.6 Å². The molecule has 0 saturated heterocycles. The molecule has 1 aromatic carbocycles. The molecule has 1 unspecified atom stereocenters. The summed E-state index contributed by atoms with van der Waals surface area (Å²) in [5, 5.41) is 9.77. The van der Waals surface area contributed by atoms with Gasteiger partial charge < -0.3 is 19.6 Å². The van der Waals surface area contributed by atoms with Crippen LogP contribution in [0.4, 0.5) is 0 Å². The highest BCUT2D eigenvalue weighted by atomic mass is 31.2. The number of aliphatic hydroxyl groups is 1. The topological polar surface area (TPSA) is 104 Å². The third kappa shape index (κ3) is 5.39. The van der Waals surface area contributed by atoms with Crippen LogP contribution in [0.25, 0.3) is 0 Å². The summed E-state index contributed by atoms with van der Waals surface area (Å²) in [5.74, 6) is -0.410. The van der Waals surface area contributed by atoms with Crippen molar-refractivity contribution in [2.24, 2.45) is 0 Å². The Kier molecular flexibility index (Phi) is 6.08. The maximum atomic E-state index is 12.0. The molecule has 1 atom stereocenters. The molecule has 0 aliphatic carbocycles. The van der Waals surface area contributed by atoms with Crippen molar-refractivity contribution in [1.29, 1.82) is 0 Å². The summed E-state index contributed by atoms with van der Waals surface area (Å²) >= 11 is 0. The summed E-state index contributed by atoms with van der Waals surface area (Å²) in [6.45, 7) is 8.98. The van der Waals surface area contributed by atoms with E-state index in [-0.39, 0.29) is 12.0 Å². The molecule has 0 aromatic heterocycles. The quantitative estimate of drug-likeness (QED) is 0.319. The molecule has 0 radical (unpaired) electrons. The lowest BCUT2D eigenvalue weighted by Gasteiger charge is -2.16. The van der Waals surface area contributed by atoms with Gasteiger partial charge in [-0.25, -0.2) is 4.79 Å². The number of hydrogen-bond acceptors (Lipinski definition) is 4. The van der Waals surface area contributed by atoms with E-state index in [9.17, 15) is 14.5 Å². The molecular formula is C15H21O6P. The summed E-state index contributed by atoms with van der Waals surface area (Å²) < 4.78 is 16.0. The van der Waals surface area contributed by atoms with Crippen LogP contribution in [0.1, 0.15) is 23.1 Å². The number of benzene rings is 1. The first-order chi connectivity index (χ1) is 10.0. The standard InChI is InChI=1S/C15H21O6P/c1-9-7-10(2)14(11(3)8-9)21-15(17)12(4)13(16)5-6-22(18,19)20/h7-8,13,16H,4-6H2,1-3H3,(H2,18,19,20). The first-order valence-corrected chi connectivity index (χ1v) is 8.52. The second-order valence-corrected chi connectivity index (χ2v) is 7.11. The predicted molar refractivity (Wildman–Crippen MR) is 83.0 cm³/mol. The second kappa shape index (κ2) is 7.20. The zero-order valence-electron chi connectivity index (χ0n) is 12.9. The van der Waals surface area contributed by atoms with Gasteiger partial charge in [0.25, 0.3) is 0 Å². The lowest BCUT2D eigenvalue weighted by molar-refractivity contribution is -0.131. The van der Waals surface area contributed by atoms with E-state index in [1.54, 1.807) is 13.8 Å². The van der Waals surface area contributed by atoms with Crippen LogP contribution in [0.5, 0.6) is 5.75 Å². The monoisotopic (exact) mass is 328 g/mol. The Morgan fingerprint density at radius 2 is 1.77 bits per heavy atom. The smallest absolute Gasteiger partial charge is 0.341 e. The lowest BCUT2D eigenvalue weighted by Crippen LogP contribution is -2.23. The molecule has 122 valence electrons. The van der Waals surface area contributed by atoms with Gasteiger partial charge in [-0.2, -0.15) is 0 Å². The van der Waals surface area contributed by atoms with Crippen molar-refractivity contribution in [1.82, 2.24) is 0 Å². The van der Waals surface area contributed by atoms with E-state index in [0.29, 0.717) is 5.75 Å². The molecule has 22 heavy (non-hydrogen) atoms. The van der Waals surface area contributed by atoms with Crippen LogP contribution < -0.4 is 4.74 Å². The van der Waals surface area contributed by atoms with Crippen molar-refractivity contribution in [3.05, 3.63) is 41.0 Å². The number of rotatable bonds is 6. The van der Waals surface area contributed by atoms with Crippen molar-refractivity contribution in [3.8, 4) is 5.75 Å². The molecule has 0 saturated carbocycles. The fourth-order valence-corrected chi connectivity index (χ4v) is 2.67. The van der Waals surface area contributed by atoms with Gasteiger partial charge in [0.2, 0.25) is 0 Å². The molecule has 0 spiro atoms. The number of aliphatic hydroxyl groups excluding tert-OH is 1. The van der Waals surface area contributed by atoms with Crippen LogP contribution in [-0.2, 0) is 9.36 Å². The van der Waals surface area contributed by atoms with Crippen LogP contribution in [0.15, 0.2) is 24.3 Å². The largest absolute Gasteiger partial charge is 0.423 e. The zero-order valence-corrected chi connectivity index (χ0v) is 13.8. The average Bonchev–Trinajstić information content (AvgIpc) is 2.38. The minimum Gasteiger partial charge on any atom is -0.423 e. The third-order valence-electron chi connectivity index (χ3n) is 3.16. The van der Waals surface area contributed by atoms with Gasteiger partial charge in [0.1, 0.15) is 5.75 Å². The number of hydrogen-bond donors (Lipinski definition) is 3. The van der Waals surface area contributed by atoms with Crippen molar-refractivity contribution in [2.45, 2.75) is 33.3 Å². The number of carbonyl (C=O) groups is 1. The van der Waals surface area contributed by atoms with Gasteiger partial charge in [0, 0.05) is 0 Å². The van der Waals surface area contributed by atoms with Gasteiger partial charge in [-0.1, -0.05) is 24.3 Å². The maximum absolute atomic E-state index is 12.0. The molecule has 0 fully saturated rings. The minimum absolute atomic E-state index is 0.229. The van der Waals surface area contributed by atoms with Gasteiger partial charge in [0.15, 0.2) is 0 Å². The van der Waals surface area contributed by atoms with Crippen LogP contribution in [0.2, 0.25) is 0 Å². The van der Waals surface area contributed by atoms with E-state index >= 15 is 0 Å². The minimum atomic E-state index is -4.23. The number of ether oxygens (including phenoxy) is 1. The van der Waals surface area contributed by atoms with Crippen LogP contribution in [0, 0.1) is 20.8 Å². The third-order valence-corrected chi connectivity index (χ3v) is 4.00. The fraction of sp³-hybridized carbons (Fsp3) is 0.400. The number of carbonyl (C=O) groups excluding carboxylic acids is 1. The first-order valence-electron chi connectivity index (χ1n) is 6.72. The summed E-state index contributed by atoms with van der Waals surface area (Å²) in [6.07, 6.45) is -2.14. The van der Waals surface area contributed by atoms with E-state index in [0.717, 1.165) is 16.7 Å². The molecule has 1 rings (SSSR count). The highest BCUT2D eigenvalue weighted by Gasteiger charge is 2.23. The molecule has 1 aromatic rings. The van der Waals surface area contributed by atoms with E-state index in [2.05, 4.69) is 6.58 Å². The predicted octanol–water partition coefficient (Wildman–Crippen LogP) is 2.00. The molecular weight excluding hydrogens is 307 g/mol. The Bertz CT molecular complexity index is 608. The van der Waals surface area contributed by atoms with E-state index in [4.69, 9.17) is 14.5 Å². The summed E-state index contributed by atoms with van der Waals surface area (Å²) in [7, 11) is -4.23. The van der Waals surface area contributed by atoms with Crippen molar-refractivity contribution in [3.63, 3.8) is 0 Å². The van der Waals surface area contributed by atoms with Crippen molar-refractivity contribution < 1.29 is 29.0 Å². The Morgan fingerprint density at radius 3 is 2.23 bits per heavy atom. The van der Waals surface area contributed by atoms with E-state index < -0.39 is 25.8 Å². The summed E-state index contributed by atoms with van der Waals surface area (Å²) in [5.41, 5.74) is 2.37. The highest BCUT2D eigenvalue weighted by Crippen LogP contribution is 2.36. The van der Waals surface area contributed by atoms with Gasteiger partial charge in [-0.3, -0.25) is 4.57 Å². The average molecular weight is 328 g/mol. The van der Waals surface area contributed by atoms with Crippen molar-refractivity contribution in [2.75, 3.05) is 6.16 Å². The Labute approximate surface area is 129 Å². The second-order valence-electron chi connectivity index (χ2n) is 5.34. The Hall–Kier alpha value is -1.46. The van der Waals surface area contributed by atoms with Crippen LogP contribution >= 0.6 is 7.60 Å².